The third kappa shape index (κ3) is 1.76. The molecule has 0 aromatic carbocycles. The third-order valence-corrected chi connectivity index (χ3v) is 3.44. The third-order valence-electron chi connectivity index (χ3n) is 3.01. The molecule has 1 aliphatic carbocycles. The Morgan fingerprint density at radius 1 is 1.24 bits per heavy atom. The topological polar surface area (TPSA) is 76.7 Å². The minimum atomic E-state index is -0.424. The highest BCUT2D eigenvalue weighted by Crippen LogP contribution is 2.32. The van der Waals surface area contributed by atoms with Gasteiger partial charge in [0.2, 0.25) is 5.28 Å². The van der Waals surface area contributed by atoms with Crippen LogP contribution in [-0.4, -0.2) is 36.2 Å². The van der Waals surface area contributed by atoms with Gasteiger partial charge in [0.1, 0.15) is 0 Å². The monoisotopic (exact) mass is 273 g/mol. The first-order chi connectivity index (χ1) is 8.16. The summed E-state index contributed by atoms with van der Waals surface area (Å²) in [6.07, 6.45) is 2.14. The lowest BCUT2D eigenvalue weighted by Gasteiger charge is -2.14. The summed E-state index contributed by atoms with van der Waals surface area (Å²) in [5.41, 5.74) is 0.885. The minimum absolute atomic E-state index is 0.0542. The summed E-state index contributed by atoms with van der Waals surface area (Å²) in [5, 5.41) is 18.0. The number of nitrogens with zero attached hydrogens (tertiary/aromatic N) is 5. The van der Waals surface area contributed by atoms with E-state index in [0.717, 1.165) is 19.3 Å². The summed E-state index contributed by atoms with van der Waals surface area (Å²) in [6, 6.07) is -0.109. The molecule has 6 nitrogen and oxygen atoms in total. The van der Waals surface area contributed by atoms with Crippen molar-refractivity contribution in [1.82, 2.24) is 25.0 Å². The number of aromatic nitrogens is 5. The Kier molecular flexibility index (Phi) is 2.65. The molecule has 17 heavy (non-hydrogen) atoms. The quantitative estimate of drug-likeness (QED) is 0.631. The zero-order valence-corrected chi connectivity index (χ0v) is 10.2. The van der Waals surface area contributed by atoms with E-state index in [1.54, 1.807) is 4.68 Å². The average Bonchev–Trinajstić information content (AvgIpc) is 2.84. The Bertz CT molecular complexity index is 572. The number of fused-ring (bicyclic) bond motifs is 1. The van der Waals surface area contributed by atoms with Crippen LogP contribution < -0.4 is 0 Å². The molecule has 1 saturated carbocycles. The highest BCUT2D eigenvalue weighted by molar-refractivity contribution is 6.35. The van der Waals surface area contributed by atoms with E-state index >= 15 is 0 Å². The Labute approximate surface area is 107 Å². The molecule has 90 valence electrons. The van der Waals surface area contributed by atoms with Crippen molar-refractivity contribution in [2.75, 3.05) is 0 Å². The predicted octanol–water partition coefficient (Wildman–Crippen LogP) is 1.61. The van der Waals surface area contributed by atoms with Crippen molar-refractivity contribution in [3.8, 4) is 0 Å². The molecule has 2 heterocycles. The van der Waals surface area contributed by atoms with E-state index in [1.807, 2.05) is 0 Å². The molecular weight excluding hydrogens is 265 g/mol. The van der Waals surface area contributed by atoms with E-state index in [-0.39, 0.29) is 16.5 Å². The van der Waals surface area contributed by atoms with Crippen LogP contribution in [0.4, 0.5) is 0 Å². The number of aliphatic hydroxyl groups is 1. The van der Waals surface area contributed by atoms with Crippen LogP contribution in [0.5, 0.6) is 0 Å². The number of rotatable bonds is 1. The van der Waals surface area contributed by atoms with E-state index in [2.05, 4.69) is 20.3 Å². The Morgan fingerprint density at radius 2 is 2.06 bits per heavy atom. The molecule has 2 aromatic heterocycles. The summed E-state index contributed by atoms with van der Waals surface area (Å²) in [6.45, 7) is 0. The number of hydrogen-bond acceptors (Lipinski definition) is 5. The highest BCUT2D eigenvalue weighted by Gasteiger charge is 2.30. The van der Waals surface area contributed by atoms with Crippen molar-refractivity contribution in [2.45, 2.75) is 31.4 Å². The van der Waals surface area contributed by atoms with Crippen LogP contribution in [0.15, 0.2) is 0 Å². The van der Waals surface area contributed by atoms with Crippen molar-refractivity contribution < 1.29 is 5.11 Å². The van der Waals surface area contributed by atoms with E-state index in [1.165, 1.54) is 0 Å². The van der Waals surface area contributed by atoms with Gasteiger partial charge in [0.05, 0.1) is 12.1 Å². The van der Waals surface area contributed by atoms with E-state index in [9.17, 15) is 5.11 Å². The molecule has 1 aliphatic rings. The van der Waals surface area contributed by atoms with Gasteiger partial charge in [0, 0.05) is 0 Å². The van der Waals surface area contributed by atoms with Gasteiger partial charge in [0.15, 0.2) is 16.3 Å². The summed E-state index contributed by atoms with van der Waals surface area (Å²) in [7, 11) is 0. The Morgan fingerprint density at radius 3 is 2.76 bits per heavy atom. The van der Waals surface area contributed by atoms with Gasteiger partial charge in [-0.05, 0) is 30.9 Å². The molecule has 1 N–H and O–H groups in total. The standard InChI is InChI=1S/C9H9Cl2N5O/c10-7-6-8(13-9(11)12-7)16(15-14-6)4-2-1-3-5(4)17/h4-5,17H,1-3H2/t4-,5+/m0/s1. The Hall–Kier alpha value is -0.980. The fourth-order valence-corrected chi connectivity index (χ4v) is 2.61. The van der Waals surface area contributed by atoms with Crippen LogP contribution >= 0.6 is 23.2 Å². The number of aliphatic hydroxyl groups excluding tert-OH is 1. The van der Waals surface area contributed by atoms with Gasteiger partial charge in [-0.1, -0.05) is 16.8 Å². The lowest BCUT2D eigenvalue weighted by Crippen LogP contribution is -2.19. The van der Waals surface area contributed by atoms with E-state index in [0.29, 0.717) is 11.2 Å². The van der Waals surface area contributed by atoms with Crippen LogP contribution in [-0.2, 0) is 0 Å². The summed E-state index contributed by atoms with van der Waals surface area (Å²) < 4.78 is 1.59. The van der Waals surface area contributed by atoms with Crippen LogP contribution in [0.2, 0.25) is 10.4 Å². The average molecular weight is 274 g/mol. The van der Waals surface area contributed by atoms with Gasteiger partial charge in [-0.25, -0.2) is 9.67 Å². The largest absolute Gasteiger partial charge is 0.391 e. The fraction of sp³-hybridized carbons (Fsp3) is 0.556. The smallest absolute Gasteiger partial charge is 0.225 e. The molecule has 0 radical (unpaired) electrons. The second-order valence-corrected chi connectivity index (χ2v) is 4.75. The normalized spacial score (nSPS) is 24.6. The summed E-state index contributed by atoms with van der Waals surface area (Å²) >= 11 is 11.7. The van der Waals surface area contributed by atoms with Crippen LogP contribution in [0.1, 0.15) is 25.3 Å². The number of halogens is 2. The molecule has 0 amide bonds. The molecule has 3 rings (SSSR count). The minimum Gasteiger partial charge on any atom is -0.391 e. The second-order valence-electron chi connectivity index (χ2n) is 4.06. The van der Waals surface area contributed by atoms with Gasteiger partial charge < -0.3 is 5.11 Å². The maximum atomic E-state index is 9.86. The van der Waals surface area contributed by atoms with Gasteiger partial charge in [-0.2, -0.15) is 4.98 Å². The molecular formula is C9H9Cl2N5O. The maximum absolute atomic E-state index is 9.86. The Balaban J connectivity index is 2.17. The second kappa shape index (κ2) is 4.04. The van der Waals surface area contributed by atoms with Crippen LogP contribution in [0.3, 0.4) is 0 Å². The van der Waals surface area contributed by atoms with Crippen molar-refractivity contribution in [1.29, 1.82) is 0 Å². The van der Waals surface area contributed by atoms with Crippen molar-refractivity contribution in [2.24, 2.45) is 0 Å². The number of hydrogen-bond donors (Lipinski definition) is 1. The van der Waals surface area contributed by atoms with Gasteiger partial charge in [-0.3, -0.25) is 0 Å². The highest BCUT2D eigenvalue weighted by atomic mass is 35.5. The van der Waals surface area contributed by atoms with Gasteiger partial charge in [-0.15, -0.1) is 5.10 Å². The van der Waals surface area contributed by atoms with Gasteiger partial charge >= 0.3 is 0 Å². The molecule has 0 spiro atoms. The lowest BCUT2D eigenvalue weighted by molar-refractivity contribution is 0.131. The van der Waals surface area contributed by atoms with Crippen molar-refractivity contribution in [3.05, 3.63) is 10.4 Å². The molecule has 0 aliphatic heterocycles. The van der Waals surface area contributed by atoms with E-state index < -0.39 is 6.10 Å². The fourth-order valence-electron chi connectivity index (χ4n) is 2.20. The predicted molar refractivity (Wildman–Crippen MR) is 62.0 cm³/mol. The van der Waals surface area contributed by atoms with Crippen molar-refractivity contribution >= 4 is 34.4 Å². The molecule has 0 unspecified atom stereocenters. The summed E-state index contributed by atoms with van der Waals surface area (Å²) in [5.74, 6) is 0. The van der Waals surface area contributed by atoms with Crippen molar-refractivity contribution in [3.63, 3.8) is 0 Å². The van der Waals surface area contributed by atoms with Gasteiger partial charge in [0.25, 0.3) is 0 Å². The maximum Gasteiger partial charge on any atom is 0.225 e. The zero-order chi connectivity index (χ0) is 12.0. The van der Waals surface area contributed by atoms with Crippen LogP contribution in [0, 0.1) is 0 Å². The molecule has 1 fully saturated rings. The first kappa shape index (κ1) is 11.1. The first-order valence-corrected chi connectivity index (χ1v) is 6.04. The zero-order valence-electron chi connectivity index (χ0n) is 8.72. The molecule has 2 atom stereocenters. The summed E-state index contributed by atoms with van der Waals surface area (Å²) in [4.78, 5) is 7.87. The van der Waals surface area contributed by atoms with Crippen LogP contribution in [0.25, 0.3) is 11.2 Å². The molecule has 0 saturated heterocycles. The molecule has 2 aromatic rings. The molecule has 8 heteroatoms. The lowest BCUT2D eigenvalue weighted by atomic mass is 10.2. The SMILES string of the molecule is O[C@@H]1CCC[C@@H]1n1nnc2c(Cl)nc(Cl)nc21. The van der Waals surface area contributed by atoms with E-state index in [4.69, 9.17) is 23.2 Å². The molecule has 0 bridgehead atoms. The first-order valence-electron chi connectivity index (χ1n) is 5.29.